The maximum Gasteiger partial charge on any atom is 0.329 e. The lowest BCUT2D eigenvalue weighted by Gasteiger charge is -2.29. The van der Waals surface area contributed by atoms with Gasteiger partial charge in [-0.2, -0.15) is 0 Å². The van der Waals surface area contributed by atoms with Crippen molar-refractivity contribution in [3.8, 4) is 0 Å². The number of para-hydroxylation sites is 1. The van der Waals surface area contributed by atoms with E-state index >= 15 is 0 Å². The molecule has 38 heteroatoms. The van der Waals surface area contributed by atoms with Crippen LogP contribution < -0.4 is 64.2 Å². The third-order valence-corrected chi connectivity index (χ3v) is 18.4. The molecule has 16 N–H and O–H groups in total. The maximum absolute atomic E-state index is 15.0. The van der Waals surface area contributed by atoms with Crippen molar-refractivity contribution < 1.29 is 125 Å². The van der Waals surface area contributed by atoms with Gasteiger partial charge in [-0.15, -0.1) is 0 Å². The molecule has 11 amide bonds. The van der Waals surface area contributed by atoms with Gasteiger partial charge >= 0.3 is 17.9 Å². The Morgan fingerprint density at radius 2 is 1.19 bits per heavy atom. The Balaban J connectivity index is 2.30. The summed E-state index contributed by atoms with van der Waals surface area (Å²) in [6.07, 6.45) is -2.62. The van der Waals surface area contributed by atoms with Gasteiger partial charge in [-0.1, -0.05) is 115 Å². The fourth-order valence-electron chi connectivity index (χ4n) is 12.1. The molecule has 1 aliphatic heterocycles. The third-order valence-electron chi connectivity index (χ3n) is 18.4. The average molecular weight is 1610 g/mol. The Labute approximate surface area is 658 Å². The van der Waals surface area contributed by atoms with Gasteiger partial charge in [0, 0.05) is 68.7 Å². The molecule has 0 saturated carbocycles. The van der Waals surface area contributed by atoms with Crippen molar-refractivity contribution in [2.75, 3.05) is 44.8 Å². The van der Waals surface area contributed by atoms with Gasteiger partial charge in [0.2, 0.25) is 65.0 Å². The van der Waals surface area contributed by atoms with Crippen molar-refractivity contribution in [3.05, 3.63) is 65.7 Å². The quantitative estimate of drug-likeness (QED) is 0.0123. The predicted octanol–water partition coefficient (Wildman–Crippen LogP) is -1.13. The summed E-state index contributed by atoms with van der Waals surface area (Å²) < 4.78 is 15.3. The number of carbonyl (C=O) groups is 20. The summed E-state index contributed by atoms with van der Waals surface area (Å²) in [6.45, 7) is 3.83. The van der Waals surface area contributed by atoms with E-state index < -0.39 is 262 Å². The number of carboxylic acid groups (broad SMARTS) is 2. The van der Waals surface area contributed by atoms with Crippen LogP contribution in [0.3, 0.4) is 0 Å². The molecule has 1 saturated heterocycles. The van der Waals surface area contributed by atoms with Gasteiger partial charge in [0.25, 0.3) is 12.9 Å². The van der Waals surface area contributed by atoms with E-state index in [1.165, 1.54) is 25.1 Å². The molecule has 0 bridgehead atoms. The minimum absolute atomic E-state index is 0.0254. The van der Waals surface area contributed by atoms with Crippen molar-refractivity contribution >= 4 is 125 Å². The summed E-state index contributed by atoms with van der Waals surface area (Å²) in [5.74, 6) is -28.6. The Morgan fingerprint density at radius 3 is 1.81 bits per heavy atom. The van der Waals surface area contributed by atoms with Gasteiger partial charge in [-0.25, -0.2) is 4.79 Å². The van der Waals surface area contributed by atoms with Gasteiger partial charge in [0.15, 0.2) is 23.1 Å². The number of hydrogen-bond acceptors (Lipinski definition) is 25. The van der Waals surface area contributed by atoms with E-state index in [0.29, 0.717) is 18.4 Å². The van der Waals surface area contributed by atoms with Crippen LogP contribution in [0.15, 0.2) is 54.6 Å². The highest BCUT2D eigenvalue weighted by molar-refractivity contribution is 6.05. The highest BCUT2D eigenvalue weighted by Crippen LogP contribution is 2.25. The number of carbonyl (C=O) groups excluding carboxylic acids is 18. The van der Waals surface area contributed by atoms with Crippen LogP contribution >= 0.6 is 0 Å². The SMILES string of the molecule is CCCCCCCCCC(=O)N[C@@H](Cc1ccccc1)C(=O)N[C@H](CC(N)=O)C(=O)C[C@@H](CC(=O)O)C(=O)N[C@@H]1C(=O)NCC(=O)N[C@@H](CCCC)C(=O)C[C@@H](COC=O)C(=O)N[C@H](C)C(=O)N[C@@H](COC=O)C(=O)NCC(=O)N[C@H](CO)C(=O)C[C@@H]([C@H](C)CC(=O)O)C(=O)N[C@@H](CC(=O)c2ccccc2NCC)C(=O)O[C@@H]1C. The fourth-order valence-corrected chi connectivity index (χ4v) is 12.1. The number of nitrogens with one attached hydrogen (secondary N) is 11. The molecule has 114 heavy (non-hydrogen) atoms. The number of carboxylic acids is 2. The number of amides is 11. The van der Waals surface area contributed by atoms with E-state index in [1.807, 2.05) is 0 Å². The molecular weight excluding hydrogens is 1500 g/mol. The summed E-state index contributed by atoms with van der Waals surface area (Å²) in [4.78, 5) is 273. The lowest BCUT2D eigenvalue weighted by molar-refractivity contribution is -0.156. The average Bonchev–Trinajstić information content (AvgIpc) is 0.837. The van der Waals surface area contributed by atoms with Crippen LogP contribution in [0.5, 0.6) is 0 Å². The number of aliphatic hydroxyl groups excluding tert-OH is 1. The molecule has 628 valence electrons. The zero-order chi connectivity index (χ0) is 85.0. The maximum atomic E-state index is 15.0. The number of esters is 1. The molecule has 3 rings (SSSR count). The van der Waals surface area contributed by atoms with Crippen LogP contribution in [-0.4, -0.2) is 228 Å². The number of benzene rings is 2. The number of ether oxygens (including phenoxy) is 3. The van der Waals surface area contributed by atoms with Crippen LogP contribution in [-0.2, 0) is 112 Å². The highest BCUT2D eigenvalue weighted by Gasteiger charge is 2.41. The second-order valence-corrected chi connectivity index (χ2v) is 27.6. The lowest BCUT2D eigenvalue weighted by atomic mass is 9.84. The van der Waals surface area contributed by atoms with E-state index in [0.717, 1.165) is 52.4 Å². The molecule has 2 aromatic rings. The molecule has 0 unspecified atom stereocenters. The Hall–Kier alpha value is -11.6. The molecule has 0 spiro atoms. The van der Waals surface area contributed by atoms with Crippen LogP contribution in [0.1, 0.15) is 173 Å². The Morgan fingerprint density at radius 1 is 0.605 bits per heavy atom. The van der Waals surface area contributed by atoms with E-state index in [1.54, 1.807) is 50.2 Å². The van der Waals surface area contributed by atoms with Crippen molar-refractivity contribution in [2.24, 2.45) is 29.4 Å². The lowest BCUT2D eigenvalue weighted by Crippen LogP contribution is -2.57. The molecule has 1 fully saturated rings. The number of unbranched alkanes of at least 4 members (excludes halogenated alkanes) is 7. The Bertz CT molecular complexity index is 3670. The van der Waals surface area contributed by atoms with Crippen molar-refractivity contribution in [2.45, 2.75) is 218 Å². The fraction of sp³-hybridized carbons (Fsp3) is 0.579. The second kappa shape index (κ2) is 51.9. The summed E-state index contributed by atoms with van der Waals surface area (Å²) in [5.41, 5.74) is 6.29. The molecule has 2 aromatic carbocycles. The number of rotatable bonds is 40. The van der Waals surface area contributed by atoms with E-state index in [-0.39, 0.29) is 56.4 Å². The number of aliphatic carboxylic acids is 2. The third kappa shape index (κ3) is 35.4. The van der Waals surface area contributed by atoms with Gasteiger partial charge in [-0.05, 0) is 57.2 Å². The number of hydrogen-bond donors (Lipinski definition) is 15. The molecule has 0 aromatic heterocycles. The predicted molar refractivity (Wildman–Crippen MR) is 402 cm³/mol. The first-order chi connectivity index (χ1) is 54.2. The van der Waals surface area contributed by atoms with Crippen LogP contribution in [0.25, 0.3) is 0 Å². The number of anilines is 1. The van der Waals surface area contributed by atoms with Crippen LogP contribution in [0.2, 0.25) is 0 Å². The number of cyclic esters (lactones) is 1. The van der Waals surface area contributed by atoms with Crippen LogP contribution in [0.4, 0.5) is 5.69 Å². The Kier molecular flexibility index (Phi) is 43.9. The molecule has 1 aliphatic rings. The first-order valence-electron chi connectivity index (χ1n) is 37.8. The zero-order valence-corrected chi connectivity index (χ0v) is 64.8. The van der Waals surface area contributed by atoms with Gasteiger partial charge in [0.05, 0.1) is 56.5 Å². The number of aliphatic hydroxyl groups is 1. The summed E-state index contributed by atoms with van der Waals surface area (Å²) in [5, 5.41) is 56.7. The van der Waals surface area contributed by atoms with Crippen molar-refractivity contribution in [1.82, 2.24) is 53.2 Å². The molecule has 13 atom stereocenters. The minimum atomic E-state index is -2.33. The van der Waals surface area contributed by atoms with E-state index in [4.69, 9.17) is 19.9 Å². The smallest absolute Gasteiger partial charge is 0.329 e. The minimum Gasteiger partial charge on any atom is -0.481 e. The highest BCUT2D eigenvalue weighted by atomic mass is 16.5. The first kappa shape index (κ1) is 96.6. The van der Waals surface area contributed by atoms with Crippen LogP contribution in [0, 0.1) is 23.7 Å². The molecule has 38 nitrogen and oxygen atoms in total. The topological polar surface area (TPSA) is 588 Å². The molecule has 0 radical (unpaired) electrons. The second-order valence-electron chi connectivity index (χ2n) is 27.6. The van der Waals surface area contributed by atoms with E-state index in [9.17, 15) is 111 Å². The van der Waals surface area contributed by atoms with E-state index in [2.05, 4.69) is 65.4 Å². The summed E-state index contributed by atoms with van der Waals surface area (Å²) in [7, 11) is 0. The summed E-state index contributed by atoms with van der Waals surface area (Å²) in [6, 6.07) is -0.469. The summed E-state index contributed by atoms with van der Waals surface area (Å²) >= 11 is 0. The standard InChI is InChI=1S/C76H108N12O26/c1-7-10-12-13-14-15-19-27-63(97)83-54(29-46-22-17-16-18-23-46)74(109)85-53(35-62(77)96)60(94)30-47(32-67(102)103)70(105)88-68-45(6)114-76(111)55(34-58(92)49-24-20-21-26-51(49)78-9-3)86-72(107)50(43(4)28-66(100)101)33-61(95)56(38-89)84-65(99)36-79-73(108)57(40-113-42-91)87-69(104)44(5)81-71(106)48(39-112-41-90)31-59(93)52(25-11-8-2)82-64(98)37-80-75(68)110/h16-18,20-24,26,41-45,47-48,50,52-57,68,78,89H,7-15,19,25,27-40H2,1-6H3,(H2,77,96)(H,79,108)(H,80,110)(H,81,106)(H,82,98)(H,83,97)(H,84,99)(H,85,109)(H,86,107)(H,87,104)(H,88,105)(H,100,101)(H,102,103)/t43-,44-,45-,47+,48+,50+,52+,53-,54+,55+,56-,57+,68+/m1/s1. The largest absolute Gasteiger partial charge is 0.481 e. The monoisotopic (exact) mass is 1600 g/mol. The number of primary amides is 1. The zero-order valence-electron chi connectivity index (χ0n) is 64.8. The van der Waals surface area contributed by atoms with Gasteiger partial charge in [0.1, 0.15) is 55.6 Å². The first-order valence-corrected chi connectivity index (χ1v) is 37.8. The normalized spacial score (nSPS) is 21.3. The number of nitrogens with two attached hydrogens (primary N) is 1. The number of Topliss-reactive ketones (excluding diaryl/α,β-unsaturated/α-hetero) is 4. The van der Waals surface area contributed by atoms with Gasteiger partial charge < -0.3 is 93.7 Å². The number of ketones is 4. The molecule has 1 heterocycles. The molecular formula is C76H108N12O26. The van der Waals surface area contributed by atoms with Crippen molar-refractivity contribution in [1.29, 1.82) is 0 Å². The van der Waals surface area contributed by atoms with Crippen molar-refractivity contribution in [3.63, 3.8) is 0 Å². The molecule has 0 aliphatic carbocycles. The van der Waals surface area contributed by atoms with Gasteiger partial charge in [-0.3, -0.25) is 91.1 Å².